The van der Waals surface area contributed by atoms with Crippen molar-refractivity contribution in [3.63, 3.8) is 0 Å². The zero-order valence-electron chi connectivity index (χ0n) is 18.4. The van der Waals surface area contributed by atoms with Gasteiger partial charge in [0.05, 0.1) is 22.7 Å². The molecule has 1 saturated heterocycles. The Balaban J connectivity index is 1.62. The number of rotatable bonds is 5. The van der Waals surface area contributed by atoms with Gasteiger partial charge in [0.2, 0.25) is 0 Å². The van der Waals surface area contributed by atoms with Gasteiger partial charge in [0.25, 0.3) is 5.91 Å². The molecule has 1 aliphatic rings. The second kappa shape index (κ2) is 9.32. The Labute approximate surface area is 198 Å². The number of halogens is 2. The van der Waals surface area contributed by atoms with Crippen LogP contribution < -0.4 is 5.73 Å². The number of carbonyl (C=O) groups excluding carboxylic acids is 1. The Kier molecular flexibility index (Phi) is 6.67. The maximum atomic E-state index is 13.2. The third-order valence-corrected chi connectivity index (χ3v) is 7.13. The molecule has 170 valence electrons. The number of amides is 1. The molecule has 3 N–H and O–H groups in total. The molecule has 0 unspecified atom stereocenters. The highest BCUT2D eigenvalue weighted by molar-refractivity contribution is 6.38. The van der Waals surface area contributed by atoms with Crippen molar-refractivity contribution in [3.05, 3.63) is 62.8 Å². The molecule has 0 atom stereocenters. The molecule has 4 rings (SSSR count). The molecule has 1 amide bonds. The molecule has 0 bridgehead atoms. The first kappa shape index (κ1) is 22.9. The molecular formula is C24H28Cl2N4O2. The first-order valence-corrected chi connectivity index (χ1v) is 11.5. The maximum Gasteiger partial charge on any atom is 0.255 e. The van der Waals surface area contributed by atoms with Gasteiger partial charge in [-0.1, -0.05) is 23.2 Å². The van der Waals surface area contributed by atoms with Gasteiger partial charge in [-0.05, 0) is 48.4 Å². The van der Waals surface area contributed by atoms with Crippen molar-refractivity contribution in [2.45, 2.75) is 13.3 Å². The Hall–Kier alpha value is -2.25. The summed E-state index contributed by atoms with van der Waals surface area (Å²) in [4.78, 5) is 17.2. The van der Waals surface area contributed by atoms with Gasteiger partial charge in [0.15, 0.2) is 0 Å². The minimum Gasteiger partial charge on any atom is -0.399 e. The number of benzene rings is 2. The lowest BCUT2D eigenvalue weighted by molar-refractivity contribution is 0.0615. The van der Waals surface area contributed by atoms with Crippen LogP contribution in [0.2, 0.25) is 10.0 Å². The monoisotopic (exact) mass is 474 g/mol. The molecule has 0 radical (unpaired) electrons. The highest BCUT2D eigenvalue weighted by Crippen LogP contribution is 2.33. The molecule has 0 aliphatic carbocycles. The molecule has 0 spiro atoms. The standard InChI is InChI=1S/C24H28Cl2N4O2/c1-15-11-16(27)12-22-19(15)13-17(28(22)2)14-20-21(25)4-3-18(23(20)26)24(32)30-7-5-29(6-8-30)9-10-31/h3-4,11-13,31H,5-10,14,27H2,1-2H3. The van der Waals surface area contributed by atoms with Crippen molar-refractivity contribution in [1.29, 1.82) is 0 Å². The second-order valence-electron chi connectivity index (χ2n) is 8.39. The summed E-state index contributed by atoms with van der Waals surface area (Å²) in [6.07, 6.45) is 0.508. The number of nitrogens with two attached hydrogens (primary N) is 1. The number of aliphatic hydroxyl groups excluding tert-OH is 1. The van der Waals surface area contributed by atoms with E-state index in [0.29, 0.717) is 41.7 Å². The summed E-state index contributed by atoms with van der Waals surface area (Å²) in [6, 6.07) is 9.52. The molecule has 3 aromatic rings. The minimum absolute atomic E-state index is 0.0859. The van der Waals surface area contributed by atoms with Crippen molar-refractivity contribution < 1.29 is 9.90 Å². The molecule has 2 heterocycles. The van der Waals surface area contributed by atoms with Crippen LogP contribution >= 0.6 is 23.2 Å². The molecule has 2 aromatic carbocycles. The van der Waals surface area contributed by atoms with Crippen LogP contribution in [-0.2, 0) is 13.5 Å². The van der Waals surface area contributed by atoms with E-state index < -0.39 is 0 Å². The van der Waals surface area contributed by atoms with E-state index in [9.17, 15) is 4.79 Å². The first-order valence-electron chi connectivity index (χ1n) is 10.7. The number of β-amino-alcohol motifs (C(OH)–C–C–N with tert-alkyl or cyclic N) is 1. The van der Waals surface area contributed by atoms with Crippen LogP contribution in [0.3, 0.4) is 0 Å². The topological polar surface area (TPSA) is 74.7 Å². The molecule has 0 saturated carbocycles. The minimum atomic E-state index is -0.0859. The highest BCUT2D eigenvalue weighted by atomic mass is 35.5. The Morgan fingerprint density at radius 2 is 1.84 bits per heavy atom. The number of nitrogens with zero attached hydrogens (tertiary/aromatic N) is 3. The molecule has 8 heteroatoms. The number of fused-ring (bicyclic) bond motifs is 1. The van der Waals surface area contributed by atoms with Crippen LogP contribution in [0.1, 0.15) is 27.2 Å². The number of piperazine rings is 1. The summed E-state index contributed by atoms with van der Waals surface area (Å²) in [6.45, 7) is 5.49. The number of hydrogen-bond donors (Lipinski definition) is 2. The lowest BCUT2D eigenvalue weighted by Crippen LogP contribution is -2.49. The molecule has 1 fully saturated rings. The summed E-state index contributed by atoms with van der Waals surface area (Å²) in [5.41, 5.74) is 11.2. The fraction of sp³-hybridized carbons (Fsp3) is 0.375. The predicted octanol–water partition coefficient (Wildman–Crippen LogP) is 3.72. The second-order valence-corrected chi connectivity index (χ2v) is 9.17. The number of nitrogen functional groups attached to an aromatic ring is 1. The summed E-state index contributed by atoms with van der Waals surface area (Å²) in [7, 11) is 2.00. The third kappa shape index (κ3) is 4.33. The van der Waals surface area contributed by atoms with Gasteiger partial charge in [-0.3, -0.25) is 9.69 Å². The van der Waals surface area contributed by atoms with Crippen LogP contribution in [0, 0.1) is 6.92 Å². The number of anilines is 1. The van der Waals surface area contributed by atoms with E-state index in [-0.39, 0.29) is 12.5 Å². The van der Waals surface area contributed by atoms with Gasteiger partial charge in [-0.25, -0.2) is 0 Å². The largest absolute Gasteiger partial charge is 0.399 e. The van der Waals surface area contributed by atoms with Crippen LogP contribution in [0.15, 0.2) is 30.3 Å². The number of aryl methyl sites for hydroxylation is 2. The van der Waals surface area contributed by atoms with E-state index >= 15 is 0 Å². The predicted molar refractivity (Wildman–Crippen MR) is 131 cm³/mol. The Morgan fingerprint density at radius 1 is 1.12 bits per heavy atom. The first-order chi connectivity index (χ1) is 15.3. The number of carbonyl (C=O) groups is 1. The molecule has 32 heavy (non-hydrogen) atoms. The van der Waals surface area contributed by atoms with Gasteiger partial charge < -0.3 is 20.3 Å². The third-order valence-electron chi connectivity index (χ3n) is 6.34. The van der Waals surface area contributed by atoms with Gasteiger partial charge in [0.1, 0.15) is 0 Å². The van der Waals surface area contributed by atoms with E-state index in [4.69, 9.17) is 34.0 Å². The molecular weight excluding hydrogens is 447 g/mol. The van der Waals surface area contributed by atoms with Crippen molar-refractivity contribution in [2.24, 2.45) is 7.05 Å². The van der Waals surface area contributed by atoms with Crippen molar-refractivity contribution in [2.75, 3.05) is 45.1 Å². The average Bonchev–Trinajstić information content (AvgIpc) is 3.07. The zero-order valence-corrected chi connectivity index (χ0v) is 19.9. The van der Waals surface area contributed by atoms with Gasteiger partial charge >= 0.3 is 0 Å². The Morgan fingerprint density at radius 3 is 2.53 bits per heavy atom. The summed E-state index contributed by atoms with van der Waals surface area (Å²) in [5.74, 6) is -0.0859. The summed E-state index contributed by atoms with van der Waals surface area (Å²) < 4.78 is 2.10. The fourth-order valence-corrected chi connectivity index (χ4v) is 5.04. The van der Waals surface area contributed by atoms with Crippen molar-refractivity contribution >= 4 is 45.7 Å². The van der Waals surface area contributed by atoms with E-state index in [1.54, 1.807) is 12.1 Å². The smallest absolute Gasteiger partial charge is 0.255 e. The van der Waals surface area contributed by atoms with E-state index in [0.717, 1.165) is 46.5 Å². The van der Waals surface area contributed by atoms with Gasteiger partial charge in [-0.2, -0.15) is 0 Å². The van der Waals surface area contributed by atoms with Crippen molar-refractivity contribution in [3.8, 4) is 0 Å². The lowest BCUT2D eigenvalue weighted by atomic mass is 10.0. The molecule has 1 aliphatic heterocycles. The number of aliphatic hydroxyl groups is 1. The molecule has 1 aromatic heterocycles. The van der Waals surface area contributed by atoms with Gasteiger partial charge in [-0.15, -0.1) is 0 Å². The van der Waals surface area contributed by atoms with Crippen LogP contribution in [0.25, 0.3) is 10.9 Å². The van der Waals surface area contributed by atoms with Crippen LogP contribution in [-0.4, -0.2) is 64.7 Å². The van der Waals surface area contributed by atoms with Crippen LogP contribution in [0.4, 0.5) is 5.69 Å². The Bertz CT molecular complexity index is 1170. The number of hydrogen-bond acceptors (Lipinski definition) is 4. The van der Waals surface area contributed by atoms with E-state index in [1.165, 1.54) is 0 Å². The van der Waals surface area contributed by atoms with E-state index in [2.05, 4.69) is 15.5 Å². The van der Waals surface area contributed by atoms with Gasteiger partial charge in [0, 0.05) is 68.0 Å². The number of aromatic nitrogens is 1. The SMILES string of the molecule is Cc1cc(N)cc2c1cc(Cc1c(Cl)ccc(C(=O)N3CCN(CCO)CC3)c1Cl)n2C. The summed E-state index contributed by atoms with van der Waals surface area (Å²) in [5, 5.41) is 11.2. The van der Waals surface area contributed by atoms with E-state index in [1.807, 2.05) is 31.0 Å². The fourth-order valence-electron chi connectivity index (χ4n) is 4.45. The zero-order chi connectivity index (χ0) is 23.0. The highest BCUT2D eigenvalue weighted by Gasteiger charge is 2.25. The normalized spacial score (nSPS) is 15.0. The van der Waals surface area contributed by atoms with Crippen molar-refractivity contribution in [1.82, 2.24) is 14.4 Å². The quantitative estimate of drug-likeness (QED) is 0.552. The van der Waals surface area contributed by atoms with Crippen LogP contribution in [0.5, 0.6) is 0 Å². The maximum absolute atomic E-state index is 13.2. The lowest BCUT2D eigenvalue weighted by Gasteiger charge is -2.34. The summed E-state index contributed by atoms with van der Waals surface area (Å²) >= 11 is 13.3. The average molecular weight is 475 g/mol. The molecule has 6 nitrogen and oxygen atoms in total.